The highest BCUT2D eigenvalue weighted by atomic mass is 19.3. The first-order valence-corrected chi connectivity index (χ1v) is 6.17. The summed E-state index contributed by atoms with van der Waals surface area (Å²) < 4.78 is 26.2. The van der Waals surface area contributed by atoms with E-state index >= 15 is 0 Å². The van der Waals surface area contributed by atoms with Crippen molar-refractivity contribution in [2.45, 2.75) is 25.2 Å². The van der Waals surface area contributed by atoms with Crippen LogP contribution < -0.4 is 5.73 Å². The lowest BCUT2D eigenvalue weighted by atomic mass is 9.63. The van der Waals surface area contributed by atoms with Gasteiger partial charge >= 0.3 is 0 Å². The fraction of sp³-hybridized carbons (Fsp3) is 0.429. The van der Waals surface area contributed by atoms with Gasteiger partial charge in [-0.1, -0.05) is 18.2 Å². The lowest BCUT2D eigenvalue weighted by Crippen LogP contribution is -2.51. The average Bonchev–Trinajstić information content (AvgIpc) is 2.70. The molecule has 0 spiro atoms. The second-order valence-corrected chi connectivity index (χ2v) is 5.45. The van der Waals surface area contributed by atoms with Gasteiger partial charge in [0.2, 0.25) is 5.92 Å². The second kappa shape index (κ2) is 3.79. The highest BCUT2D eigenvalue weighted by molar-refractivity contribution is 5.83. The van der Waals surface area contributed by atoms with Crippen molar-refractivity contribution in [3.63, 3.8) is 0 Å². The molecule has 18 heavy (non-hydrogen) atoms. The summed E-state index contributed by atoms with van der Waals surface area (Å²) in [4.78, 5) is 3.18. The number of hydrogen-bond donors (Lipinski definition) is 2. The van der Waals surface area contributed by atoms with Crippen molar-refractivity contribution in [2.75, 3.05) is 6.54 Å². The maximum atomic E-state index is 13.1. The van der Waals surface area contributed by atoms with Gasteiger partial charge in [-0.05, 0) is 30.0 Å². The minimum Gasteiger partial charge on any atom is -0.361 e. The molecule has 0 saturated heterocycles. The molecular formula is C14H16F2N2. The van der Waals surface area contributed by atoms with Crippen LogP contribution in [0.4, 0.5) is 8.78 Å². The molecule has 2 nitrogen and oxygen atoms in total. The van der Waals surface area contributed by atoms with Crippen LogP contribution >= 0.6 is 0 Å². The summed E-state index contributed by atoms with van der Waals surface area (Å²) in [6, 6.07) is 7.93. The predicted molar refractivity (Wildman–Crippen MR) is 67.7 cm³/mol. The Morgan fingerprint density at radius 1 is 1.22 bits per heavy atom. The van der Waals surface area contributed by atoms with Crippen LogP contribution in [-0.2, 0) is 6.42 Å². The average molecular weight is 250 g/mol. The number of fused-ring (bicyclic) bond motifs is 1. The Bertz CT molecular complexity index is 566. The molecule has 1 aliphatic carbocycles. The standard InChI is InChI=1S/C14H16F2N2/c15-14(16)7-13(8-14,9-17)5-10-6-18-12-4-2-1-3-11(10)12/h1-4,6,18H,5,7-9,17H2. The van der Waals surface area contributed by atoms with Crippen LogP contribution in [0.3, 0.4) is 0 Å². The number of H-pyrrole nitrogens is 1. The number of nitrogens with one attached hydrogen (secondary N) is 1. The summed E-state index contributed by atoms with van der Waals surface area (Å²) in [6.45, 7) is 0.322. The van der Waals surface area contributed by atoms with Gasteiger partial charge in [0.25, 0.3) is 0 Å². The number of alkyl halides is 2. The van der Waals surface area contributed by atoms with Gasteiger partial charge in [0.05, 0.1) is 0 Å². The molecule has 0 unspecified atom stereocenters. The van der Waals surface area contributed by atoms with Crippen molar-refractivity contribution >= 4 is 10.9 Å². The maximum Gasteiger partial charge on any atom is 0.249 e. The molecule has 0 aliphatic heterocycles. The number of benzene rings is 1. The normalized spacial score (nSPS) is 20.8. The Labute approximate surface area is 104 Å². The number of aromatic amines is 1. The third-order valence-corrected chi connectivity index (χ3v) is 3.94. The molecule has 0 atom stereocenters. The van der Waals surface area contributed by atoms with E-state index in [0.717, 1.165) is 16.5 Å². The van der Waals surface area contributed by atoms with Crippen LogP contribution in [0.1, 0.15) is 18.4 Å². The zero-order chi connectivity index (χ0) is 12.8. The third-order valence-electron chi connectivity index (χ3n) is 3.94. The Morgan fingerprint density at radius 3 is 2.61 bits per heavy atom. The van der Waals surface area contributed by atoms with Crippen LogP contribution in [0.2, 0.25) is 0 Å². The molecule has 3 N–H and O–H groups in total. The summed E-state index contributed by atoms with van der Waals surface area (Å²) in [5.41, 5.74) is 7.42. The van der Waals surface area contributed by atoms with E-state index in [9.17, 15) is 8.78 Å². The predicted octanol–water partition coefficient (Wildman–Crippen LogP) is 3.08. The van der Waals surface area contributed by atoms with Gasteiger partial charge in [0.15, 0.2) is 0 Å². The van der Waals surface area contributed by atoms with Gasteiger partial charge in [-0.25, -0.2) is 8.78 Å². The van der Waals surface area contributed by atoms with E-state index in [1.165, 1.54) is 0 Å². The molecule has 1 aliphatic rings. The van der Waals surface area contributed by atoms with Gasteiger partial charge in [-0.15, -0.1) is 0 Å². The highest BCUT2D eigenvalue weighted by Crippen LogP contribution is 2.53. The van der Waals surface area contributed by atoms with E-state index in [1.54, 1.807) is 0 Å². The van der Waals surface area contributed by atoms with Crippen molar-refractivity contribution in [1.82, 2.24) is 4.98 Å². The second-order valence-electron chi connectivity index (χ2n) is 5.45. The SMILES string of the molecule is NCC1(Cc2c[nH]c3ccccc23)CC(F)(F)C1. The molecule has 1 saturated carbocycles. The molecule has 0 bridgehead atoms. The molecule has 1 fully saturated rings. The molecule has 1 aromatic carbocycles. The number of aromatic nitrogens is 1. The number of para-hydroxylation sites is 1. The summed E-state index contributed by atoms with van der Waals surface area (Å²) in [5, 5.41) is 1.11. The first-order valence-electron chi connectivity index (χ1n) is 6.17. The van der Waals surface area contributed by atoms with E-state index in [4.69, 9.17) is 5.73 Å². The Morgan fingerprint density at radius 2 is 1.94 bits per heavy atom. The summed E-state index contributed by atoms with van der Waals surface area (Å²) in [5.74, 6) is -2.52. The van der Waals surface area contributed by atoms with Gasteiger partial charge in [0, 0.05) is 29.9 Å². The first kappa shape index (κ1) is 11.7. The van der Waals surface area contributed by atoms with Gasteiger partial charge < -0.3 is 10.7 Å². The van der Waals surface area contributed by atoms with Gasteiger partial charge in [-0.3, -0.25) is 0 Å². The molecule has 0 amide bonds. The van der Waals surface area contributed by atoms with Crippen LogP contribution in [0.5, 0.6) is 0 Å². The van der Waals surface area contributed by atoms with E-state index in [-0.39, 0.29) is 12.8 Å². The van der Waals surface area contributed by atoms with Crippen LogP contribution in [0, 0.1) is 5.41 Å². The fourth-order valence-corrected chi connectivity index (χ4v) is 3.07. The molecule has 3 rings (SSSR count). The number of halogens is 2. The number of rotatable bonds is 3. The molecule has 2 aromatic rings. The fourth-order valence-electron chi connectivity index (χ4n) is 3.07. The largest absolute Gasteiger partial charge is 0.361 e. The summed E-state index contributed by atoms with van der Waals surface area (Å²) >= 11 is 0. The van der Waals surface area contributed by atoms with Crippen molar-refractivity contribution in [1.29, 1.82) is 0 Å². The van der Waals surface area contributed by atoms with Gasteiger partial charge in [0.1, 0.15) is 0 Å². The minimum atomic E-state index is -2.52. The number of hydrogen-bond acceptors (Lipinski definition) is 1. The lowest BCUT2D eigenvalue weighted by Gasteiger charge is -2.47. The van der Waals surface area contributed by atoms with Crippen molar-refractivity contribution in [3.8, 4) is 0 Å². The molecular weight excluding hydrogens is 234 g/mol. The lowest BCUT2D eigenvalue weighted by molar-refractivity contribution is -0.156. The monoisotopic (exact) mass is 250 g/mol. The van der Waals surface area contributed by atoms with E-state index in [2.05, 4.69) is 4.98 Å². The van der Waals surface area contributed by atoms with Crippen molar-refractivity contribution < 1.29 is 8.78 Å². The van der Waals surface area contributed by atoms with E-state index in [1.807, 2.05) is 30.5 Å². The zero-order valence-electron chi connectivity index (χ0n) is 10.0. The molecule has 0 radical (unpaired) electrons. The van der Waals surface area contributed by atoms with E-state index < -0.39 is 11.3 Å². The first-order chi connectivity index (χ1) is 8.54. The molecule has 4 heteroatoms. The van der Waals surface area contributed by atoms with Crippen molar-refractivity contribution in [3.05, 3.63) is 36.0 Å². The Balaban J connectivity index is 1.88. The smallest absolute Gasteiger partial charge is 0.249 e. The quantitative estimate of drug-likeness (QED) is 0.863. The topological polar surface area (TPSA) is 41.8 Å². The molecule has 1 heterocycles. The van der Waals surface area contributed by atoms with Gasteiger partial charge in [-0.2, -0.15) is 0 Å². The summed E-state index contributed by atoms with van der Waals surface area (Å²) in [6.07, 6.45) is 2.37. The van der Waals surface area contributed by atoms with Crippen molar-refractivity contribution in [2.24, 2.45) is 11.1 Å². The van der Waals surface area contributed by atoms with Crippen LogP contribution in [0.15, 0.2) is 30.5 Å². The highest BCUT2D eigenvalue weighted by Gasteiger charge is 2.55. The number of nitrogens with two attached hydrogens (primary N) is 1. The molecule has 1 aromatic heterocycles. The third kappa shape index (κ3) is 1.81. The maximum absolute atomic E-state index is 13.1. The van der Waals surface area contributed by atoms with E-state index in [0.29, 0.717) is 13.0 Å². The Hall–Kier alpha value is -1.42. The molecule has 96 valence electrons. The van der Waals surface area contributed by atoms with Crippen LogP contribution in [0.25, 0.3) is 10.9 Å². The zero-order valence-corrected chi connectivity index (χ0v) is 10.0. The van der Waals surface area contributed by atoms with Crippen LogP contribution in [-0.4, -0.2) is 17.5 Å². The Kier molecular flexibility index (Phi) is 2.45. The minimum absolute atomic E-state index is 0.0873. The summed E-state index contributed by atoms with van der Waals surface area (Å²) in [7, 11) is 0.